The van der Waals surface area contributed by atoms with E-state index in [-0.39, 0.29) is 22.8 Å². The number of carbonyl (C=O) groups excluding carboxylic acids is 3. The van der Waals surface area contributed by atoms with Crippen LogP contribution in [0.3, 0.4) is 0 Å². The number of nitrogens with one attached hydrogen (secondary N) is 2. The van der Waals surface area contributed by atoms with Crippen LogP contribution in [0.5, 0.6) is 0 Å². The van der Waals surface area contributed by atoms with Gasteiger partial charge in [-0.15, -0.1) is 11.8 Å². The number of para-hydroxylation sites is 2. The summed E-state index contributed by atoms with van der Waals surface area (Å²) in [6.45, 7) is 6.15. The van der Waals surface area contributed by atoms with Crippen LogP contribution in [0.1, 0.15) is 53.0 Å². The van der Waals surface area contributed by atoms with Crippen molar-refractivity contribution < 1.29 is 14.4 Å². The highest BCUT2D eigenvalue weighted by Crippen LogP contribution is 2.32. The molecule has 7 heteroatoms. The Kier molecular flexibility index (Phi) is 9.36. The monoisotopic (exact) mass is 637 g/mol. The molecular formula is C40H35N3O3S. The molecule has 5 aromatic carbocycles. The molecule has 0 aliphatic carbocycles. The lowest BCUT2D eigenvalue weighted by molar-refractivity contribution is -0.113. The van der Waals surface area contributed by atoms with Crippen molar-refractivity contribution in [2.24, 2.45) is 0 Å². The van der Waals surface area contributed by atoms with E-state index in [0.29, 0.717) is 17.2 Å². The summed E-state index contributed by atoms with van der Waals surface area (Å²) in [5.74, 6) is -0.448. The molecule has 0 fully saturated rings. The van der Waals surface area contributed by atoms with Gasteiger partial charge in [0, 0.05) is 26.9 Å². The lowest BCUT2D eigenvalue weighted by Gasteiger charge is -2.14. The molecule has 1 heterocycles. The van der Waals surface area contributed by atoms with Crippen LogP contribution >= 0.6 is 11.8 Å². The Morgan fingerprint density at radius 2 is 1.26 bits per heavy atom. The Hall–Kier alpha value is -5.40. The van der Waals surface area contributed by atoms with Gasteiger partial charge >= 0.3 is 0 Å². The Morgan fingerprint density at radius 3 is 1.85 bits per heavy atom. The molecule has 6 rings (SSSR count). The van der Waals surface area contributed by atoms with E-state index in [0.717, 1.165) is 32.3 Å². The number of hydrogen-bond donors (Lipinski definition) is 2. The Morgan fingerprint density at radius 1 is 0.681 bits per heavy atom. The van der Waals surface area contributed by atoms with Crippen LogP contribution in [-0.2, 0) is 4.79 Å². The predicted molar refractivity (Wildman–Crippen MR) is 193 cm³/mol. The fourth-order valence-electron chi connectivity index (χ4n) is 5.50. The number of rotatable bonds is 9. The first kappa shape index (κ1) is 31.6. The van der Waals surface area contributed by atoms with E-state index < -0.39 is 5.91 Å². The number of aromatic nitrogens is 1. The summed E-state index contributed by atoms with van der Waals surface area (Å²) < 4.78 is 1.81. The van der Waals surface area contributed by atoms with Gasteiger partial charge in [-0.25, -0.2) is 0 Å². The Balaban J connectivity index is 1.18. The van der Waals surface area contributed by atoms with Gasteiger partial charge in [0.2, 0.25) is 5.91 Å². The third kappa shape index (κ3) is 7.05. The van der Waals surface area contributed by atoms with Gasteiger partial charge in [0.15, 0.2) is 0 Å². The lowest BCUT2D eigenvalue weighted by atomic mass is 10.0. The first-order valence-electron chi connectivity index (χ1n) is 15.6. The van der Waals surface area contributed by atoms with Crippen LogP contribution in [0.4, 0.5) is 5.69 Å². The summed E-state index contributed by atoms with van der Waals surface area (Å²) in [7, 11) is 0. The van der Waals surface area contributed by atoms with Gasteiger partial charge in [-0.3, -0.25) is 19.0 Å². The van der Waals surface area contributed by atoms with E-state index >= 15 is 0 Å². The number of benzene rings is 5. The molecule has 0 bridgehead atoms. The van der Waals surface area contributed by atoms with Crippen LogP contribution < -0.4 is 10.6 Å². The average molecular weight is 638 g/mol. The highest BCUT2D eigenvalue weighted by Gasteiger charge is 2.22. The number of hydrogen-bond acceptors (Lipinski definition) is 4. The summed E-state index contributed by atoms with van der Waals surface area (Å²) in [5, 5.41) is 7.45. The molecule has 0 saturated heterocycles. The number of carbonyl (C=O) groups is 3. The van der Waals surface area contributed by atoms with Crippen molar-refractivity contribution in [3.05, 3.63) is 150 Å². The minimum absolute atomic E-state index is 0.00450. The molecule has 47 heavy (non-hydrogen) atoms. The van der Waals surface area contributed by atoms with Crippen molar-refractivity contribution in [1.29, 1.82) is 0 Å². The van der Waals surface area contributed by atoms with E-state index in [1.54, 1.807) is 42.5 Å². The maximum Gasteiger partial charge on any atom is 0.272 e. The lowest BCUT2D eigenvalue weighted by Crippen LogP contribution is -2.30. The van der Waals surface area contributed by atoms with E-state index in [1.807, 2.05) is 102 Å². The zero-order valence-electron chi connectivity index (χ0n) is 26.4. The molecule has 0 aliphatic heterocycles. The molecule has 1 atom stereocenters. The number of thioether (sulfide) groups is 1. The molecule has 2 amide bonds. The Bertz CT molecular complexity index is 2040. The molecule has 0 aliphatic rings. The molecule has 234 valence electrons. The van der Waals surface area contributed by atoms with E-state index in [1.165, 1.54) is 17.3 Å². The van der Waals surface area contributed by atoms with Crippen molar-refractivity contribution in [3.8, 4) is 0 Å². The molecule has 0 radical (unpaired) electrons. The molecule has 1 aromatic heterocycles. The van der Waals surface area contributed by atoms with Gasteiger partial charge in [0.1, 0.15) is 5.70 Å². The summed E-state index contributed by atoms with van der Waals surface area (Å²) in [4.78, 5) is 41.2. The third-order valence-corrected chi connectivity index (χ3v) is 9.12. The minimum atomic E-state index is -0.447. The fourth-order valence-corrected chi connectivity index (χ4v) is 6.41. The van der Waals surface area contributed by atoms with Gasteiger partial charge in [0.05, 0.1) is 16.3 Å². The quantitative estimate of drug-likeness (QED) is 0.122. The summed E-state index contributed by atoms with van der Waals surface area (Å²) in [5.41, 5.74) is 4.90. The molecule has 6 nitrogen and oxygen atoms in total. The minimum Gasteiger partial charge on any atom is -0.321 e. The summed E-state index contributed by atoms with van der Waals surface area (Å²) >= 11 is 1.46. The second-order valence-electron chi connectivity index (χ2n) is 11.6. The summed E-state index contributed by atoms with van der Waals surface area (Å²) in [6, 6.07) is 40.0. The number of amides is 2. The summed E-state index contributed by atoms with van der Waals surface area (Å²) in [6.07, 6.45) is 1.67. The topological polar surface area (TPSA) is 80.2 Å². The van der Waals surface area contributed by atoms with E-state index in [4.69, 9.17) is 0 Å². The highest BCUT2D eigenvalue weighted by atomic mass is 32.2. The van der Waals surface area contributed by atoms with E-state index in [9.17, 15) is 14.4 Å². The normalized spacial score (nSPS) is 12.3. The second kappa shape index (κ2) is 13.9. The van der Waals surface area contributed by atoms with E-state index in [2.05, 4.69) is 24.5 Å². The fraction of sp³-hybridized carbons (Fsp3) is 0.125. The van der Waals surface area contributed by atoms with Crippen LogP contribution in [-0.4, -0.2) is 27.5 Å². The molecule has 1 unspecified atom stereocenters. The highest BCUT2D eigenvalue weighted by molar-refractivity contribution is 8.00. The largest absolute Gasteiger partial charge is 0.321 e. The van der Waals surface area contributed by atoms with Crippen molar-refractivity contribution >= 4 is 63.1 Å². The molecule has 0 spiro atoms. The molecule has 6 aromatic rings. The van der Waals surface area contributed by atoms with Crippen molar-refractivity contribution in [2.45, 2.75) is 36.8 Å². The zero-order valence-corrected chi connectivity index (χ0v) is 27.3. The molecule has 2 N–H and O–H groups in total. The average Bonchev–Trinajstić information content (AvgIpc) is 3.43. The molecule has 0 saturated carbocycles. The first-order chi connectivity index (χ1) is 22.8. The maximum absolute atomic E-state index is 13.8. The predicted octanol–water partition coefficient (Wildman–Crippen LogP) is 9.15. The van der Waals surface area contributed by atoms with Crippen molar-refractivity contribution in [1.82, 2.24) is 9.88 Å². The van der Waals surface area contributed by atoms with Crippen LogP contribution in [0.15, 0.2) is 138 Å². The third-order valence-electron chi connectivity index (χ3n) is 8.02. The maximum atomic E-state index is 13.8. The molecular weight excluding hydrogens is 603 g/mol. The van der Waals surface area contributed by atoms with Gasteiger partial charge in [-0.2, -0.15) is 0 Å². The van der Waals surface area contributed by atoms with Crippen molar-refractivity contribution in [3.63, 3.8) is 0 Å². The first-order valence-corrected chi connectivity index (χ1v) is 16.4. The van der Waals surface area contributed by atoms with Crippen LogP contribution in [0.2, 0.25) is 0 Å². The van der Waals surface area contributed by atoms with Gasteiger partial charge in [-0.05, 0) is 78.6 Å². The van der Waals surface area contributed by atoms with Gasteiger partial charge < -0.3 is 10.6 Å². The van der Waals surface area contributed by atoms with Crippen LogP contribution in [0.25, 0.3) is 27.9 Å². The second-order valence-corrected chi connectivity index (χ2v) is 13.1. The number of nitrogens with zero attached hydrogens (tertiary/aromatic N) is 1. The van der Waals surface area contributed by atoms with Crippen LogP contribution in [0, 0.1) is 0 Å². The van der Waals surface area contributed by atoms with Gasteiger partial charge in [-0.1, -0.05) is 92.7 Å². The van der Waals surface area contributed by atoms with Gasteiger partial charge in [0.25, 0.3) is 11.8 Å². The standard InChI is InChI=1S/C40H35N3O3S/c1-26(2)29-19-17-28(18-20-29)25-35(42-38(44)30-11-5-4-6-12-30)39(45)41-31-21-23-32(24-22-31)47-27(3)40(46)43-36-15-9-7-13-33(36)34-14-8-10-16-37(34)43/h4-27H,1-3H3,(H,41,45)(H,42,44)/b35-25-. The van der Waals surface area contributed by atoms with Crippen molar-refractivity contribution in [2.75, 3.05) is 5.32 Å². The smallest absolute Gasteiger partial charge is 0.272 e. The SMILES string of the molecule is CC(Sc1ccc(NC(=O)/C(=C/c2ccc(C(C)C)cc2)NC(=O)c2ccccc2)cc1)C(=O)n1c2ccccc2c2ccccc21. The number of anilines is 1. The Labute approximate surface area is 278 Å². The number of fused-ring (bicyclic) bond motifs is 3. The zero-order chi connectivity index (χ0) is 32.9.